The van der Waals surface area contributed by atoms with Crippen LogP contribution in [0.3, 0.4) is 0 Å². The highest BCUT2D eigenvalue weighted by molar-refractivity contribution is 7.98. The van der Waals surface area contributed by atoms with E-state index in [1.54, 1.807) is 12.1 Å². The van der Waals surface area contributed by atoms with Crippen molar-refractivity contribution >= 4 is 17.7 Å². The Morgan fingerprint density at radius 3 is 2.15 bits per heavy atom. The quantitative estimate of drug-likeness (QED) is 0.0925. The third-order valence-electron chi connectivity index (χ3n) is 9.52. The summed E-state index contributed by atoms with van der Waals surface area (Å²) in [6, 6.07) is 18.2. The Morgan fingerprint density at radius 1 is 0.875 bits per heavy atom. The summed E-state index contributed by atoms with van der Waals surface area (Å²) in [6.07, 6.45) is -1.78. The first-order chi connectivity index (χ1) is 23.1. The van der Waals surface area contributed by atoms with Gasteiger partial charge in [-0.1, -0.05) is 74.1 Å². The van der Waals surface area contributed by atoms with Gasteiger partial charge in [0.25, 0.3) is 5.56 Å². The molecule has 0 spiro atoms. The van der Waals surface area contributed by atoms with E-state index in [9.17, 15) is 27.2 Å². The molecule has 1 aromatic heterocycles. The van der Waals surface area contributed by atoms with Gasteiger partial charge in [-0.25, -0.2) is 4.39 Å². The van der Waals surface area contributed by atoms with Gasteiger partial charge >= 0.3 is 6.18 Å². The minimum atomic E-state index is -4.40. The number of aromatic nitrogens is 2. The second-order valence-corrected chi connectivity index (χ2v) is 13.2. The van der Waals surface area contributed by atoms with E-state index >= 15 is 0 Å². The van der Waals surface area contributed by atoms with Crippen molar-refractivity contribution < 1.29 is 22.4 Å². The lowest BCUT2D eigenvalue weighted by Gasteiger charge is -2.28. The largest absolute Gasteiger partial charge is 0.416 e. The summed E-state index contributed by atoms with van der Waals surface area (Å²) >= 11 is 1.38. The van der Waals surface area contributed by atoms with Crippen molar-refractivity contribution in [1.82, 2.24) is 19.4 Å². The van der Waals surface area contributed by atoms with E-state index in [0.717, 1.165) is 54.0 Å². The second-order valence-electron chi connectivity index (χ2n) is 12.3. The van der Waals surface area contributed by atoms with Gasteiger partial charge < -0.3 is 14.4 Å². The Hall–Kier alpha value is -3.96. The number of likely N-dealkylation sites (tertiary alicyclic amines) is 1. The van der Waals surface area contributed by atoms with Crippen LogP contribution in [0.2, 0.25) is 0 Å². The van der Waals surface area contributed by atoms with Gasteiger partial charge in [0.1, 0.15) is 11.9 Å². The van der Waals surface area contributed by atoms with E-state index in [4.69, 9.17) is 0 Å². The summed E-state index contributed by atoms with van der Waals surface area (Å²) in [5.41, 5.74) is 3.88. The number of hydrogen-bond acceptors (Lipinski definition) is 5. The summed E-state index contributed by atoms with van der Waals surface area (Å²) in [4.78, 5) is 36.3. The van der Waals surface area contributed by atoms with Crippen molar-refractivity contribution in [3.8, 4) is 11.1 Å². The average molecular weight is 679 g/mol. The molecular formula is C37H38F4N4O2S. The van der Waals surface area contributed by atoms with Gasteiger partial charge in [0.15, 0.2) is 5.16 Å². The van der Waals surface area contributed by atoms with Gasteiger partial charge in [0.05, 0.1) is 11.6 Å². The maximum Gasteiger partial charge on any atom is 0.416 e. The van der Waals surface area contributed by atoms with E-state index in [2.05, 4.69) is 23.7 Å². The third kappa shape index (κ3) is 7.08. The number of alkyl halides is 3. The Balaban J connectivity index is 1.33. The molecule has 0 saturated carbocycles. The molecule has 1 fully saturated rings. The fourth-order valence-electron chi connectivity index (χ4n) is 6.82. The van der Waals surface area contributed by atoms with Gasteiger partial charge in [-0.15, -0.1) is 0 Å². The lowest BCUT2D eigenvalue weighted by Crippen LogP contribution is -2.38. The molecule has 2 heterocycles. The number of carbonyl (C=O) groups is 1. The van der Waals surface area contributed by atoms with Crippen molar-refractivity contribution in [1.29, 1.82) is 0 Å². The van der Waals surface area contributed by atoms with Crippen molar-refractivity contribution in [3.63, 3.8) is 0 Å². The number of amides is 1. The Labute approximate surface area is 281 Å². The zero-order valence-electron chi connectivity index (χ0n) is 27.0. The SMILES string of the molecule is CCN(CC)CCN1C(=O)C(n2c(SCc3ccc(F)cc3)nc(=O)c3c2CCC3)CC1c1ccc(-c2ccc(C(F)(F)F)cc2)cc1. The predicted molar refractivity (Wildman–Crippen MR) is 179 cm³/mol. The number of likely N-dealkylation sites (N-methyl/N-ethyl adjacent to an activating group) is 1. The standard InChI is InChI=1S/C37H38F4N4O2S/c1-3-43(4-2)20-21-44-32(27-12-10-25(11-13-27)26-14-16-28(17-15-26)37(39,40)41)22-33(35(44)47)45-31-7-5-6-30(31)34(46)42-36(45)48-23-24-8-18-29(38)19-9-24/h8-19,32-33H,3-7,20-23H2,1-2H3. The van der Waals surface area contributed by atoms with Crippen LogP contribution in [0.15, 0.2) is 82.7 Å². The van der Waals surface area contributed by atoms with Crippen molar-refractivity contribution in [2.24, 2.45) is 0 Å². The number of benzene rings is 3. The van der Waals surface area contributed by atoms with Crippen LogP contribution < -0.4 is 5.56 Å². The lowest BCUT2D eigenvalue weighted by molar-refractivity contribution is -0.137. The van der Waals surface area contributed by atoms with Crippen LogP contribution in [0.4, 0.5) is 17.6 Å². The number of nitrogens with zero attached hydrogens (tertiary/aromatic N) is 4. The molecule has 1 amide bonds. The fraction of sp³-hybridized carbons (Fsp3) is 0.378. The minimum Gasteiger partial charge on any atom is -0.332 e. The van der Waals surface area contributed by atoms with Crippen LogP contribution in [0.5, 0.6) is 0 Å². The van der Waals surface area contributed by atoms with Gasteiger partial charge in [-0.3, -0.25) is 9.59 Å². The molecule has 252 valence electrons. The van der Waals surface area contributed by atoms with Gasteiger partial charge in [0.2, 0.25) is 5.91 Å². The van der Waals surface area contributed by atoms with Gasteiger partial charge in [-0.05, 0) is 78.9 Å². The predicted octanol–water partition coefficient (Wildman–Crippen LogP) is 7.71. The number of hydrogen-bond donors (Lipinski definition) is 0. The third-order valence-corrected chi connectivity index (χ3v) is 10.5. The summed E-state index contributed by atoms with van der Waals surface area (Å²) in [7, 11) is 0. The number of carbonyl (C=O) groups excluding carboxylic acids is 1. The van der Waals surface area contributed by atoms with E-state index in [0.29, 0.717) is 54.4 Å². The Bertz CT molecular complexity index is 1800. The highest BCUT2D eigenvalue weighted by Crippen LogP contribution is 2.43. The number of rotatable bonds is 11. The number of halogens is 4. The van der Waals surface area contributed by atoms with Crippen LogP contribution in [-0.2, 0) is 29.6 Å². The fourth-order valence-corrected chi connectivity index (χ4v) is 7.83. The van der Waals surface area contributed by atoms with Crippen LogP contribution in [0.25, 0.3) is 11.1 Å². The smallest absolute Gasteiger partial charge is 0.332 e. The molecule has 1 saturated heterocycles. The maximum atomic E-state index is 14.5. The molecule has 3 aromatic carbocycles. The summed E-state index contributed by atoms with van der Waals surface area (Å²) in [5.74, 6) is 0.116. The summed E-state index contributed by atoms with van der Waals surface area (Å²) < 4.78 is 54.9. The zero-order chi connectivity index (χ0) is 34.0. The molecule has 2 atom stereocenters. The molecule has 0 N–H and O–H groups in total. The normalized spacial score (nSPS) is 17.8. The monoisotopic (exact) mass is 678 g/mol. The van der Waals surface area contributed by atoms with Crippen LogP contribution in [0, 0.1) is 5.82 Å². The van der Waals surface area contributed by atoms with E-state index < -0.39 is 17.8 Å². The van der Waals surface area contributed by atoms with Crippen molar-refractivity contribution in [2.45, 2.75) is 68.7 Å². The molecule has 1 aliphatic carbocycles. The molecule has 11 heteroatoms. The van der Waals surface area contributed by atoms with Crippen molar-refractivity contribution in [2.75, 3.05) is 26.2 Å². The van der Waals surface area contributed by atoms with Crippen LogP contribution >= 0.6 is 11.8 Å². The maximum absolute atomic E-state index is 14.5. The first-order valence-electron chi connectivity index (χ1n) is 16.4. The molecule has 0 bridgehead atoms. The van der Waals surface area contributed by atoms with Crippen LogP contribution in [-0.4, -0.2) is 51.4 Å². The Kier molecular flexibility index (Phi) is 10.1. The van der Waals surface area contributed by atoms with E-state index in [-0.39, 0.29) is 23.3 Å². The van der Waals surface area contributed by atoms with Gasteiger partial charge in [0, 0.05) is 36.5 Å². The molecular weight excluding hydrogens is 640 g/mol. The molecule has 4 aromatic rings. The molecule has 48 heavy (non-hydrogen) atoms. The first-order valence-corrected chi connectivity index (χ1v) is 17.4. The second kappa shape index (κ2) is 14.3. The molecule has 0 radical (unpaired) electrons. The molecule has 1 aliphatic heterocycles. The minimum absolute atomic E-state index is 0.0258. The highest BCUT2D eigenvalue weighted by atomic mass is 32.2. The lowest BCUT2D eigenvalue weighted by atomic mass is 9.98. The zero-order valence-corrected chi connectivity index (χ0v) is 27.8. The topological polar surface area (TPSA) is 58.4 Å². The van der Waals surface area contributed by atoms with Crippen molar-refractivity contribution in [3.05, 3.63) is 117 Å². The summed E-state index contributed by atoms with van der Waals surface area (Å²) in [5, 5.41) is 0.491. The van der Waals surface area contributed by atoms with Gasteiger partial charge in [-0.2, -0.15) is 18.2 Å². The van der Waals surface area contributed by atoms with E-state index in [1.165, 1.54) is 36.0 Å². The number of fused-ring (bicyclic) bond motifs is 1. The number of thioether (sulfide) groups is 1. The first kappa shape index (κ1) is 33.9. The van der Waals surface area contributed by atoms with Crippen LogP contribution in [0.1, 0.15) is 66.7 Å². The molecule has 2 unspecified atom stereocenters. The van der Waals surface area contributed by atoms with E-state index in [1.807, 2.05) is 33.7 Å². The molecule has 6 nitrogen and oxygen atoms in total. The molecule has 6 rings (SSSR count). The Morgan fingerprint density at radius 2 is 1.52 bits per heavy atom. The molecule has 2 aliphatic rings. The average Bonchev–Trinajstić information content (AvgIpc) is 3.70. The highest BCUT2D eigenvalue weighted by Gasteiger charge is 2.43. The summed E-state index contributed by atoms with van der Waals surface area (Å²) in [6.45, 7) is 7.13.